The Bertz CT molecular complexity index is 1370. The fourth-order valence-electron chi connectivity index (χ4n) is 2.78. The second-order valence-corrected chi connectivity index (χ2v) is 12.6. The van der Waals surface area contributed by atoms with Crippen LogP contribution in [-0.2, 0) is 17.2 Å². The number of benzene rings is 2. The van der Waals surface area contributed by atoms with Crippen LogP contribution in [-0.4, -0.2) is 25.5 Å². The van der Waals surface area contributed by atoms with Gasteiger partial charge in [0.25, 0.3) is 5.01 Å². The van der Waals surface area contributed by atoms with E-state index in [0.717, 1.165) is 0 Å². The Morgan fingerprint density at radius 1 is 1.12 bits per heavy atom. The number of rotatable bonds is 2. The van der Waals surface area contributed by atoms with Crippen molar-refractivity contribution in [3.05, 3.63) is 65.7 Å². The summed E-state index contributed by atoms with van der Waals surface area (Å²) in [5.74, 6) is 0. The lowest BCUT2D eigenvalue weighted by Crippen LogP contribution is -2.28. The SMILES string of the molecule is CN1C(=CC=Cc2sc3ccc(I)cc3[n+]2C)Sc2ccc(I)cc21.O=S(=O)([O-])C(F)(F)F. The van der Waals surface area contributed by atoms with Crippen molar-refractivity contribution in [2.45, 2.75) is 10.4 Å². The molecular weight excluding hydrogens is 723 g/mol. The van der Waals surface area contributed by atoms with Crippen molar-refractivity contribution < 1.29 is 30.7 Å². The molecule has 1 aliphatic rings. The molecule has 2 heterocycles. The van der Waals surface area contributed by atoms with E-state index in [9.17, 15) is 13.2 Å². The van der Waals surface area contributed by atoms with Gasteiger partial charge in [-0.3, -0.25) is 0 Å². The molecule has 0 saturated heterocycles. The summed E-state index contributed by atoms with van der Waals surface area (Å²) in [7, 11) is -1.82. The fourth-order valence-corrected chi connectivity index (χ4v) is 5.82. The summed E-state index contributed by atoms with van der Waals surface area (Å²) in [5, 5.41) is 2.51. The maximum Gasteiger partial charge on any atom is 0.485 e. The standard InChI is InChI=1S/C19H15I2N2S2.CHF3O3S/c1-22-14-10-12(20)6-8-16(14)24-18(22)4-3-5-19-23(2)15-11-13(21)7-9-17(15)25-19;2-1(3,4)8(5,6)7/h3-11H,1-2H3;(H,5,6,7)/q+1;/p-1. The van der Waals surface area contributed by atoms with Crippen LogP contribution in [0.3, 0.4) is 0 Å². The summed E-state index contributed by atoms with van der Waals surface area (Å²) in [6.45, 7) is 0. The first-order valence-corrected chi connectivity index (χ1v) is 14.2. The van der Waals surface area contributed by atoms with Crippen LogP contribution in [0, 0.1) is 7.14 Å². The van der Waals surface area contributed by atoms with Crippen molar-refractivity contribution in [2.75, 3.05) is 11.9 Å². The van der Waals surface area contributed by atoms with Crippen molar-refractivity contribution >= 4 is 100 Å². The lowest BCUT2D eigenvalue weighted by molar-refractivity contribution is -0.642. The van der Waals surface area contributed by atoms with E-state index >= 15 is 0 Å². The molecule has 0 unspecified atom stereocenters. The molecule has 33 heavy (non-hydrogen) atoms. The zero-order valence-corrected chi connectivity index (χ0v) is 23.7. The Labute approximate surface area is 224 Å². The van der Waals surface area contributed by atoms with Crippen LogP contribution in [0.1, 0.15) is 5.01 Å². The average molecular weight is 738 g/mol. The van der Waals surface area contributed by atoms with Crippen LogP contribution in [0.25, 0.3) is 16.3 Å². The highest BCUT2D eigenvalue weighted by molar-refractivity contribution is 14.1. The summed E-state index contributed by atoms with van der Waals surface area (Å²) in [5.41, 5.74) is -3.07. The van der Waals surface area contributed by atoms with Crippen LogP contribution in [0.5, 0.6) is 0 Å². The molecule has 0 fully saturated rings. The van der Waals surface area contributed by atoms with E-state index in [4.69, 9.17) is 13.0 Å². The number of nitrogens with zero attached hydrogens (tertiary/aromatic N) is 2. The summed E-state index contributed by atoms with van der Waals surface area (Å²) in [4.78, 5) is 3.59. The predicted molar refractivity (Wildman–Crippen MR) is 142 cm³/mol. The highest BCUT2D eigenvalue weighted by atomic mass is 127. The van der Waals surface area contributed by atoms with Gasteiger partial charge in [-0.05, 0) is 81.6 Å². The number of hydrogen-bond donors (Lipinski definition) is 0. The van der Waals surface area contributed by atoms with Gasteiger partial charge in [0.05, 0.1) is 10.7 Å². The summed E-state index contributed by atoms with van der Waals surface area (Å²) in [6.07, 6.45) is 6.56. The molecule has 1 aromatic heterocycles. The second-order valence-electron chi connectivity index (χ2n) is 6.65. The van der Waals surface area contributed by atoms with Gasteiger partial charge in [-0.2, -0.15) is 17.7 Å². The largest absolute Gasteiger partial charge is 0.741 e. The van der Waals surface area contributed by atoms with Crippen molar-refractivity contribution in [2.24, 2.45) is 7.05 Å². The number of anilines is 1. The number of alkyl halides is 3. The number of fused-ring (bicyclic) bond motifs is 2. The minimum absolute atomic E-state index is 1.26. The number of aromatic nitrogens is 1. The fraction of sp³-hybridized carbons (Fsp3) is 0.150. The Kier molecular flexibility index (Phi) is 8.42. The van der Waals surface area contributed by atoms with Gasteiger partial charge in [-0.15, -0.1) is 0 Å². The average Bonchev–Trinajstić information content (AvgIpc) is 3.18. The van der Waals surface area contributed by atoms with Crippen molar-refractivity contribution in [1.29, 1.82) is 0 Å². The summed E-state index contributed by atoms with van der Waals surface area (Å²) < 4.78 is 65.0. The Balaban J connectivity index is 0.000000331. The molecular formula is C20H15F3I2N2O3S3. The number of halogens is 5. The van der Waals surface area contributed by atoms with E-state index in [1.165, 1.54) is 38.0 Å². The lowest BCUT2D eigenvalue weighted by atomic mass is 10.3. The minimum atomic E-state index is -6.09. The molecule has 2 aromatic carbocycles. The van der Waals surface area contributed by atoms with Crippen LogP contribution >= 0.6 is 68.3 Å². The Morgan fingerprint density at radius 3 is 2.36 bits per heavy atom. The minimum Gasteiger partial charge on any atom is -0.741 e. The highest BCUT2D eigenvalue weighted by Gasteiger charge is 2.36. The van der Waals surface area contributed by atoms with E-state index in [0.29, 0.717) is 0 Å². The first kappa shape index (κ1) is 26.7. The number of thiazole rings is 1. The number of allylic oxidation sites excluding steroid dienone is 2. The maximum atomic E-state index is 10.7. The molecule has 0 spiro atoms. The van der Waals surface area contributed by atoms with E-state index in [1.54, 1.807) is 0 Å². The van der Waals surface area contributed by atoms with E-state index < -0.39 is 15.6 Å². The van der Waals surface area contributed by atoms with E-state index in [-0.39, 0.29) is 0 Å². The van der Waals surface area contributed by atoms with Gasteiger partial charge < -0.3 is 9.45 Å². The van der Waals surface area contributed by atoms with Crippen molar-refractivity contribution in [3.63, 3.8) is 0 Å². The van der Waals surface area contributed by atoms with Crippen LogP contribution in [0.4, 0.5) is 18.9 Å². The molecule has 0 atom stereocenters. The van der Waals surface area contributed by atoms with Crippen molar-refractivity contribution in [3.8, 4) is 0 Å². The molecule has 176 valence electrons. The lowest BCUT2D eigenvalue weighted by Gasteiger charge is -2.12. The molecule has 0 radical (unpaired) electrons. The quantitative estimate of drug-likeness (QED) is 0.138. The number of hydrogen-bond acceptors (Lipinski definition) is 6. The second kappa shape index (κ2) is 10.4. The Hall–Kier alpha value is -0.880. The summed E-state index contributed by atoms with van der Waals surface area (Å²) in [6, 6.07) is 13.2. The summed E-state index contributed by atoms with van der Waals surface area (Å²) >= 11 is 8.39. The first-order chi connectivity index (χ1) is 15.3. The normalized spacial score (nSPS) is 15.3. The number of aryl methyl sites for hydroxylation is 1. The third-order valence-electron chi connectivity index (χ3n) is 4.42. The van der Waals surface area contributed by atoms with Gasteiger partial charge in [0.2, 0.25) is 5.52 Å². The van der Waals surface area contributed by atoms with Gasteiger partial charge >= 0.3 is 5.51 Å². The van der Waals surface area contributed by atoms with Crippen molar-refractivity contribution in [1.82, 2.24) is 0 Å². The number of thioether (sulfide) groups is 1. The van der Waals surface area contributed by atoms with Crippen LogP contribution < -0.4 is 9.47 Å². The Morgan fingerprint density at radius 2 is 1.73 bits per heavy atom. The molecule has 0 bridgehead atoms. The van der Waals surface area contributed by atoms with Gasteiger partial charge in [0.1, 0.15) is 11.7 Å². The van der Waals surface area contributed by atoms with Gasteiger partial charge in [-0.25, -0.2) is 8.42 Å². The van der Waals surface area contributed by atoms with Gasteiger partial charge in [0.15, 0.2) is 10.1 Å². The molecule has 13 heteroatoms. The highest BCUT2D eigenvalue weighted by Crippen LogP contribution is 2.45. The monoisotopic (exact) mass is 738 g/mol. The molecule has 3 aromatic rings. The van der Waals surface area contributed by atoms with E-state index in [1.807, 2.05) is 23.1 Å². The van der Waals surface area contributed by atoms with Crippen LogP contribution in [0.2, 0.25) is 0 Å². The molecule has 0 saturated carbocycles. The maximum absolute atomic E-state index is 10.7. The molecule has 0 aliphatic carbocycles. The van der Waals surface area contributed by atoms with Gasteiger partial charge in [0, 0.05) is 31.2 Å². The third kappa shape index (κ3) is 6.42. The third-order valence-corrected chi connectivity index (χ3v) is 8.69. The van der Waals surface area contributed by atoms with Crippen LogP contribution in [0.15, 0.2) is 58.5 Å². The zero-order chi connectivity index (χ0) is 24.6. The topological polar surface area (TPSA) is 64.3 Å². The molecule has 5 nitrogen and oxygen atoms in total. The predicted octanol–water partition coefficient (Wildman–Crippen LogP) is 6.08. The van der Waals surface area contributed by atoms with Gasteiger partial charge in [-0.1, -0.05) is 29.2 Å². The molecule has 0 N–H and O–H groups in total. The smallest absolute Gasteiger partial charge is 0.485 e. The molecule has 4 rings (SSSR count). The zero-order valence-electron chi connectivity index (χ0n) is 16.9. The molecule has 1 aliphatic heterocycles. The first-order valence-electron chi connectivity index (χ1n) is 8.97. The molecule has 0 amide bonds. The van der Waals surface area contributed by atoms with E-state index in [2.05, 4.69) is 123 Å².